The summed E-state index contributed by atoms with van der Waals surface area (Å²) in [6.07, 6.45) is 0. The molecule has 0 saturated carbocycles. The van der Waals surface area contributed by atoms with Crippen molar-refractivity contribution in [2.75, 3.05) is 0 Å². The summed E-state index contributed by atoms with van der Waals surface area (Å²) in [5.74, 6) is 0. The highest BCUT2D eigenvalue weighted by Gasteiger charge is 2.26. The fourth-order valence-electron chi connectivity index (χ4n) is 2.02. The first-order valence-electron chi connectivity index (χ1n) is 7.32. The molecule has 0 unspecified atom stereocenters. The van der Waals surface area contributed by atoms with E-state index in [-0.39, 0.29) is 16.2 Å². The predicted molar refractivity (Wildman–Crippen MR) is 86.9 cm³/mol. The molecule has 0 aliphatic carbocycles. The van der Waals surface area contributed by atoms with Crippen LogP contribution in [0.2, 0.25) is 0 Å². The molecular formula is C19H31+. The maximum absolute atomic E-state index is 2.38. The lowest BCUT2D eigenvalue weighted by molar-refractivity contribution is 0.566. The molecule has 19 heavy (non-hydrogen) atoms. The van der Waals surface area contributed by atoms with Gasteiger partial charge in [0.25, 0.3) is 0 Å². The molecule has 0 bridgehead atoms. The Morgan fingerprint density at radius 2 is 1.11 bits per heavy atom. The van der Waals surface area contributed by atoms with E-state index in [1.807, 2.05) is 0 Å². The van der Waals surface area contributed by atoms with Gasteiger partial charge < -0.3 is 0 Å². The van der Waals surface area contributed by atoms with E-state index >= 15 is 0 Å². The van der Waals surface area contributed by atoms with Gasteiger partial charge in [0.1, 0.15) is 0 Å². The van der Waals surface area contributed by atoms with Crippen LogP contribution in [0.3, 0.4) is 0 Å². The lowest BCUT2D eigenvalue weighted by Crippen LogP contribution is -2.15. The number of hydrogen-bond acceptors (Lipinski definition) is 0. The highest BCUT2D eigenvalue weighted by atomic mass is 14.3. The zero-order valence-electron chi connectivity index (χ0n) is 14.3. The summed E-state index contributed by atoms with van der Waals surface area (Å²) < 4.78 is 0. The normalized spacial score (nSPS) is 13.5. The van der Waals surface area contributed by atoms with Crippen LogP contribution in [-0.2, 0) is 16.2 Å². The van der Waals surface area contributed by atoms with Crippen LogP contribution in [0.15, 0.2) is 24.3 Å². The van der Waals surface area contributed by atoms with Gasteiger partial charge in [0, 0.05) is 45.6 Å². The van der Waals surface area contributed by atoms with Crippen LogP contribution in [0, 0.1) is 0 Å². The molecule has 0 spiro atoms. The van der Waals surface area contributed by atoms with E-state index in [1.54, 1.807) is 0 Å². The molecule has 0 radical (unpaired) electrons. The molecule has 0 nitrogen and oxygen atoms in total. The summed E-state index contributed by atoms with van der Waals surface area (Å²) in [7, 11) is 0. The molecule has 0 N–H and O–H groups in total. The molecule has 0 heteroatoms. The van der Waals surface area contributed by atoms with Crippen molar-refractivity contribution in [1.29, 1.82) is 0 Å². The van der Waals surface area contributed by atoms with Gasteiger partial charge >= 0.3 is 0 Å². The Balaban J connectivity index is 3.59. The summed E-state index contributed by atoms with van der Waals surface area (Å²) in [4.78, 5) is 0. The van der Waals surface area contributed by atoms with Gasteiger partial charge in [-0.25, -0.2) is 0 Å². The molecule has 0 heterocycles. The van der Waals surface area contributed by atoms with Gasteiger partial charge in [-0.05, 0) is 20.8 Å². The first-order chi connectivity index (χ1) is 8.32. The van der Waals surface area contributed by atoms with Crippen molar-refractivity contribution >= 4 is 0 Å². The van der Waals surface area contributed by atoms with Gasteiger partial charge in [0.05, 0.1) is 11.6 Å². The molecule has 0 amide bonds. The molecule has 106 valence electrons. The Morgan fingerprint density at radius 3 is 1.47 bits per heavy atom. The van der Waals surface area contributed by atoms with Crippen molar-refractivity contribution in [3.8, 4) is 0 Å². The van der Waals surface area contributed by atoms with Gasteiger partial charge in [-0.2, -0.15) is 0 Å². The maximum Gasteiger partial charge on any atom is 0.0656 e. The minimum Gasteiger partial charge on any atom is -0.0549 e. The van der Waals surface area contributed by atoms with E-state index in [2.05, 4.69) is 86.6 Å². The molecule has 1 aromatic rings. The second kappa shape index (κ2) is 4.89. The Morgan fingerprint density at radius 1 is 0.632 bits per heavy atom. The van der Waals surface area contributed by atoms with Gasteiger partial charge in [-0.3, -0.25) is 0 Å². The van der Waals surface area contributed by atoms with E-state index in [0.29, 0.717) is 0 Å². The smallest absolute Gasteiger partial charge is 0.0549 e. The monoisotopic (exact) mass is 259 g/mol. The summed E-state index contributed by atoms with van der Waals surface area (Å²) >= 11 is 0. The van der Waals surface area contributed by atoms with E-state index in [0.717, 1.165) is 0 Å². The van der Waals surface area contributed by atoms with Crippen molar-refractivity contribution in [3.05, 3.63) is 41.0 Å². The van der Waals surface area contributed by atoms with Crippen LogP contribution in [0.25, 0.3) is 0 Å². The van der Waals surface area contributed by atoms with Crippen LogP contribution in [-0.4, -0.2) is 0 Å². The van der Waals surface area contributed by atoms with Gasteiger partial charge in [-0.15, -0.1) is 0 Å². The van der Waals surface area contributed by atoms with Crippen LogP contribution in [0.4, 0.5) is 0 Å². The summed E-state index contributed by atoms with van der Waals surface area (Å²) in [6, 6.07) is 9.37. The molecule has 0 atom stereocenters. The highest BCUT2D eigenvalue weighted by molar-refractivity contribution is 5.36. The zero-order chi connectivity index (χ0) is 15.1. The van der Waals surface area contributed by atoms with Crippen LogP contribution >= 0.6 is 0 Å². The quantitative estimate of drug-likeness (QED) is 0.512. The summed E-state index contributed by atoms with van der Waals surface area (Å²) in [5.41, 5.74) is 4.80. The predicted octanol–water partition coefficient (Wildman–Crippen LogP) is 5.86. The minimum absolute atomic E-state index is 0.180. The second-order valence-corrected chi connectivity index (χ2v) is 8.74. The average Bonchev–Trinajstić information content (AvgIpc) is 2.35. The largest absolute Gasteiger partial charge is 0.0656 e. The molecule has 0 aliphatic heterocycles. The Bertz CT molecular complexity index is 414. The van der Waals surface area contributed by atoms with Crippen LogP contribution < -0.4 is 0 Å². The first-order valence-corrected chi connectivity index (χ1v) is 7.32. The van der Waals surface area contributed by atoms with Gasteiger partial charge in [-0.1, -0.05) is 41.5 Å². The maximum atomic E-state index is 2.38. The fraction of sp³-hybridized carbons (Fsp3) is 0.632. The SMILES string of the molecule is CC(C)(C)c1c[cH+]c(C(C)(C)C)cc(C(C)(C)C)c1. The molecule has 1 rings (SSSR count). The van der Waals surface area contributed by atoms with Gasteiger partial charge in [0.2, 0.25) is 0 Å². The van der Waals surface area contributed by atoms with Crippen molar-refractivity contribution in [2.45, 2.75) is 78.6 Å². The lowest BCUT2D eigenvalue weighted by Gasteiger charge is -2.19. The molecule has 1 aromatic carbocycles. The Labute approximate surface area is 120 Å². The topological polar surface area (TPSA) is 0 Å². The molecular weight excluding hydrogens is 228 g/mol. The van der Waals surface area contributed by atoms with E-state index in [4.69, 9.17) is 0 Å². The molecule has 0 fully saturated rings. The summed E-state index contributed by atoms with van der Waals surface area (Å²) in [6.45, 7) is 20.6. The third-order valence-electron chi connectivity index (χ3n) is 3.66. The first kappa shape index (κ1) is 16.1. The number of hydrogen-bond donors (Lipinski definition) is 0. The Hall–Kier alpha value is -0.910. The third kappa shape index (κ3) is 4.30. The Kier molecular flexibility index (Phi) is 4.15. The van der Waals surface area contributed by atoms with Crippen LogP contribution in [0.5, 0.6) is 0 Å². The minimum atomic E-state index is 0.180. The average molecular weight is 259 g/mol. The molecule has 0 saturated heterocycles. The summed E-state index contributed by atoms with van der Waals surface area (Å²) in [5, 5.41) is 0. The molecule has 0 aromatic heterocycles. The number of rotatable bonds is 0. The lowest BCUT2D eigenvalue weighted by atomic mass is 9.82. The van der Waals surface area contributed by atoms with Crippen molar-refractivity contribution in [2.24, 2.45) is 0 Å². The second-order valence-electron chi connectivity index (χ2n) is 8.74. The zero-order valence-corrected chi connectivity index (χ0v) is 14.3. The van der Waals surface area contributed by atoms with E-state index in [1.165, 1.54) is 16.7 Å². The highest BCUT2D eigenvalue weighted by Crippen LogP contribution is 2.31. The standard InChI is InChI=1S/C19H31/c1-17(2,3)14-10-11-15(18(4,5)6)13-16(12-14)19(7,8)9/h10-13H,1-9H3/q+1. The van der Waals surface area contributed by atoms with Crippen molar-refractivity contribution in [3.63, 3.8) is 0 Å². The van der Waals surface area contributed by atoms with Gasteiger partial charge in [0.15, 0.2) is 0 Å². The third-order valence-corrected chi connectivity index (χ3v) is 3.66. The van der Waals surface area contributed by atoms with Crippen molar-refractivity contribution in [1.82, 2.24) is 0 Å². The fourth-order valence-corrected chi connectivity index (χ4v) is 2.02. The van der Waals surface area contributed by atoms with E-state index < -0.39 is 0 Å². The molecule has 0 aliphatic rings. The van der Waals surface area contributed by atoms with Crippen molar-refractivity contribution < 1.29 is 0 Å². The van der Waals surface area contributed by atoms with E-state index in [9.17, 15) is 0 Å². The van der Waals surface area contributed by atoms with Crippen LogP contribution in [0.1, 0.15) is 79.0 Å².